The summed E-state index contributed by atoms with van der Waals surface area (Å²) in [5, 5.41) is 9.66. The summed E-state index contributed by atoms with van der Waals surface area (Å²) in [6, 6.07) is 10.0. The van der Waals surface area contributed by atoms with E-state index in [-0.39, 0.29) is 5.91 Å². The van der Waals surface area contributed by atoms with Crippen molar-refractivity contribution in [3.05, 3.63) is 35.9 Å². The molecule has 0 spiro atoms. The van der Waals surface area contributed by atoms with Crippen molar-refractivity contribution >= 4 is 11.9 Å². The first kappa shape index (κ1) is 22.2. The van der Waals surface area contributed by atoms with Gasteiger partial charge in [0.1, 0.15) is 0 Å². The number of hydrogen-bond acceptors (Lipinski definition) is 3. The second-order valence-corrected chi connectivity index (χ2v) is 7.40. The van der Waals surface area contributed by atoms with Crippen LogP contribution in [0, 0.1) is 0 Å². The fourth-order valence-corrected chi connectivity index (χ4v) is 3.48. The van der Waals surface area contributed by atoms with Gasteiger partial charge in [0.05, 0.1) is 0 Å². The van der Waals surface area contributed by atoms with Gasteiger partial charge >= 0.3 is 0 Å². The Balaban J connectivity index is 1.61. The van der Waals surface area contributed by atoms with Crippen LogP contribution >= 0.6 is 0 Å². The monoisotopic (exact) mass is 387 g/mol. The van der Waals surface area contributed by atoms with E-state index in [0.29, 0.717) is 18.7 Å². The quantitative estimate of drug-likeness (QED) is 0.328. The molecular weight excluding hydrogens is 350 g/mol. The van der Waals surface area contributed by atoms with Gasteiger partial charge in [-0.15, -0.1) is 0 Å². The van der Waals surface area contributed by atoms with E-state index < -0.39 is 0 Å². The average Bonchev–Trinajstić information content (AvgIpc) is 2.72. The Morgan fingerprint density at radius 2 is 1.89 bits per heavy atom. The molecule has 1 aromatic rings. The summed E-state index contributed by atoms with van der Waals surface area (Å²) >= 11 is 0. The molecule has 1 amide bonds. The smallest absolute Gasteiger partial charge is 0.251 e. The molecule has 3 N–H and O–H groups in total. The first-order valence-electron chi connectivity index (χ1n) is 10.8. The molecule has 1 saturated heterocycles. The van der Waals surface area contributed by atoms with Gasteiger partial charge in [-0.2, -0.15) is 0 Å². The fourth-order valence-electron chi connectivity index (χ4n) is 3.48. The summed E-state index contributed by atoms with van der Waals surface area (Å²) in [6.45, 7) is 9.90. The summed E-state index contributed by atoms with van der Waals surface area (Å²) in [5.74, 6) is 0.838. The van der Waals surface area contributed by atoms with Crippen LogP contribution < -0.4 is 16.0 Å². The van der Waals surface area contributed by atoms with Crippen molar-refractivity contribution in [2.75, 3.05) is 39.3 Å². The fraction of sp³-hybridized carbons (Fsp3) is 0.636. The average molecular weight is 388 g/mol. The van der Waals surface area contributed by atoms with Crippen molar-refractivity contribution in [3.8, 4) is 0 Å². The Hall–Kier alpha value is -2.08. The molecule has 6 nitrogen and oxygen atoms in total. The lowest BCUT2D eigenvalue weighted by Crippen LogP contribution is -2.41. The first-order chi connectivity index (χ1) is 13.7. The minimum absolute atomic E-state index is 0.0263. The molecule has 0 radical (unpaired) electrons. The molecule has 156 valence electrons. The van der Waals surface area contributed by atoms with Crippen molar-refractivity contribution in [2.24, 2.45) is 4.99 Å². The second kappa shape index (κ2) is 13.2. The Labute approximate surface area is 170 Å². The van der Waals surface area contributed by atoms with Crippen LogP contribution in [0.1, 0.15) is 56.3 Å². The van der Waals surface area contributed by atoms with E-state index in [1.165, 1.54) is 25.8 Å². The third-order valence-corrected chi connectivity index (χ3v) is 5.13. The van der Waals surface area contributed by atoms with E-state index in [2.05, 4.69) is 39.7 Å². The van der Waals surface area contributed by atoms with Crippen LogP contribution in [0.15, 0.2) is 35.3 Å². The van der Waals surface area contributed by atoms with Crippen LogP contribution in [-0.4, -0.2) is 62.1 Å². The Bertz CT molecular complexity index is 590. The largest absolute Gasteiger partial charge is 0.357 e. The number of aliphatic imine (C=N–C) groups is 1. The molecular formula is C22H37N5O. The van der Waals surface area contributed by atoms with Crippen molar-refractivity contribution in [3.63, 3.8) is 0 Å². The van der Waals surface area contributed by atoms with Crippen LogP contribution in [-0.2, 0) is 0 Å². The molecule has 1 unspecified atom stereocenters. The zero-order valence-corrected chi connectivity index (χ0v) is 17.5. The van der Waals surface area contributed by atoms with Gasteiger partial charge in [-0.05, 0) is 58.2 Å². The summed E-state index contributed by atoms with van der Waals surface area (Å²) in [5.41, 5.74) is 0.698. The minimum Gasteiger partial charge on any atom is -0.357 e. The highest BCUT2D eigenvalue weighted by Crippen LogP contribution is 2.15. The number of carbonyl (C=O) groups excluding carboxylic acids is 1. The number of likely N-dealkylation sites (tertiary alicyclic amines) is 1. The number of carbonyl (C=O) groups is 1. The van der Waals surface area contributed by atoms with Crippen molar-refractivity contribution in [1.29, 1.82) is 0 Å². The molecule has 6 heteroatoms. The number of nitrogens with one attached hydrogen (secondary N) is 3. The molecule has 1 fully saturated rings. The molecule has 0 aliphatic carbocycles. The van der Waals surface area contributed by atoms with Crippen molar-refractivity contribution < 1.29 is 4.79 Å². The number of hydrogen-bond donors (Lipinski definition) is 3. The highest BCUT2D eigenvalue weighted by molar-refractivity contribution is 5.94. The van der Waals surface area contributed by atoms with E-state index in [4.69, 9.17) is 0 Å². The van der Waals surface area contributed by atoms with Gasteiger partial charge in [0, 0.05) is 44.3 Å². The number of benzene rings is 1. The first-order valence-corrected chi connectivity index (χ1v) is 10.8. The number of piperidine rings is 1. The number of amides is 1. The number of nitrogens with zero attached hydrogens (tertiary/aromatic N) is 2. The maximum Gasteiger partial charge on any atom is 0.251 e. The second-order valence-electron chi connectivity index (χ2n) is 7.40. The summed E-state index contributed by atoms with van der Waals surface area (Å²) in [4.78, 5) is 19.2. The van der Waals surface area contributed by atoms with E-state index in [1.807, 2.05) is 30.3 Å². The van der Waals surface area contributed by atoms with E-state index in [9.17, 15) is 4.79 Å². The molecule has 0 saturated carbocycles. The molecule has 1 aliphatic rings. The molecule has 0 aromatic heterocycles. The van der Waals surface area contributed by atoms with Crippen LogP contribution in [0.4, 0.5) is 0 Å². The SMILES string of the molecule is CCNC(=NCCCNC(=O)c1ccccc1)NCCCN1CCCCC1C. The Morgan fingerprint density at radius 3 is 2.64 bits per heavy atom. The van der Waals surface area contributed by atoms with Crippen LogP contribution in [0.2, 0.25) is 0 Å². The third-order valence-electron chi connectivity index (χ3n) is 5.13. The van der Waals surface area contributed by atoms with Gasteiger partial charge in [-0.3, -0.25) is 9.79 Å². The van der Waals surface area contributed by atoms with Crippen LogP contribution in [0.25, 0.3) is 0 Å². The molecule has 1 aliphatic heterocycles. The number of rotatable bonds is 10. The molecule has 2 rings (SSSR count). The molecule has 1 aromatic carbocycles. The van der Waals surface area contributed by atoms with Crippen molar-refractivity contribution in [1.82, 2.24) is 20.9 Å². The van der Waals surface area contributed by atoms with Crippen molar-refractivity contribution in [2.45, 2.75) is 52.0 Å². The lowest BCUT2D eigenvalue weighted by atomic mass is 10.0. The highest BCUT2D eigenvalue weighted by Gasteiger charge is 2.17. The predicted octanol–water partition coefficient (Wildman–Crippen LogP) is 2.63. The maximum atomic E-state index is 12.0. The Kier molecular flexibility index (Phi) is 10.4. The van der Waals surface area contributed by atoms with Gasteiger partial charge in [-0.1, -0.05) is 24.6 Å². The zero-order chi connectivity index (χ0) is 20.0. The molecule has 1 atom stereocenters. The van der Waals surface area contributed by atoms with Crippen LogP contribution in [0.3, 0.4) is 0 Å². The highest BCUT2D eigenvalue weighted by atomic mass is 16.1. The molecule has 28 heavy (non-hydrogen) atoms. The summed E-state index contributed by atoms with van der Waals surface area (Å²) < 4.78 is 0. The Morgan fingerprint density at radius 1 is 1.11 bits per heavy atom. The third kappa shape index (κ3) is 8.30. The molecule has 1 heterocycles. The van der Waals surface area contributed by atoms with E-state index >= 15 is 0 Å². The summed E-state index contributed by atoms with van der Waals surface area (Å²) in [6.07, 6.45) is 5.99. The van der Waals surface area contributed by atoms with Gasteiger partial charge in [-0.25, -0.2) is 0 Å². The number of guanidine groups is 1. The zero-order valence-electron chi connectivity index (χ0n) is 17.5. The van der Waals surface area contributed by atoms with Gasteiger partial charge < -0.3 is 20.9 Å². The normalized spacial score (nSPS) is 17.9. The van der Waals surface area contributed by atoms with Gasteiger partial charge in [0.15, 0.2) is 5.96 Å². The lowest BCUT2D eigenvalue weighted by Gasteiger charge is -2.33. The van der Waals surface area contributed by atoms with Crippen LogP contribution in [0.5, 0.6) is 0 Å². The van der Waals surface area contributed by atoms with E-state index in [0.717, 1.165) is 44.5 Å². The minimum atomic E-state index is -0.0263. The van der Waals surface area contributed by atoms with Gasteiger partial charge in [0.2, 0.25) is 0 Å². The summed E-state index contributed by atoms with van der Waals surface area (Å²) in [7, 11) is 0. The maximum absolute atomic E-state index is 12.0. The van der Waals surface area contributed by atoms with E-state index in [1.54, 1.807) is 0 Å². The topological polar surface area (TPSA) is 68.8 Å². The standard InChI is InChI=1S/C22H37N5O/c1-3-23-22(26-16-10-18-27-17-8-7-11-19(27)2)25-15-9-14-24-21(28)20-12-5-4-6-13-20/h4-6,12-13,19H,3,7-11,14-18H2,1-2H3,(H,24,28)(H2,23,25,26). The lowest BCUT2D eigenvalue weighted by molar-refractivity contribution is 0.0953. The predicted molar refractivity (Wildman–Crippen MR) is 117 cm³/mol. The molecule has 0 bridgehead atoms. The van der Waals surface area contributed by atoms with Gasteiger partial charge in [0.25, 0.3) is 5.91 Å².